The summed E-state index contributed by atoms with van der Waals surface area (Å²) in [6.45, 7) is 6.57. The van der Waals surface area contributed by atoms with Crippen LogP contribution in [0.2, 0.25) is 0 Å². The summed E-state index contributed by atoms with van der Waals surface area (Å²) >= 11 is 0. The number of nitrogens with one attached hydrogen (secondary N) is 2. The summed E-state index contributed by atoms with van der Waals surface area (Å²) < 4.78 is 5.51. The summed E-state index contributed by atoms with van der Waals surface area (Å²) in [5, 5.41) is 3.22. The fourth-order valence-corrected chi connectivity index (χ4v) is 1.68. The summed E-state index contributed by atoms with van der Waals surface area (Å²) in [6.07, 6.45) is 2.49. The number of imidazole rings is 1. The lowest BCUT2D eigenvalue weighted by Crippen LogP contribution is -2.10. The Hall–Kier alpha value is -1.89. The van der Waals surface area contributed by atoms with Crippen LogP contribution >= 0.6 is 0 Å². The average Bonchev–Trinajstić information content (AvgIpc) is 2.80. The molecule has 0 aliphatic heterocycles. The molecule has 4 N–H and O–H groups in total. The van der Waals surface area contributed by atoms with Crippen molar-refractivity contribution >= 4 is 22.9 Å². The van der Waals surface area contributed by atoms with Gasteiger partial charge in [0.15, 0.2) is 11.5 Å². The van der Waals surface area contributed by atoms with Gasteiger partial charge in [-0.25, -0.2) is 4.98 Å². The Labute approximate surface area is 112 Å². The zero-order valence-corrected chi connectivity index (χ0v) is 11.3. The van der Waals surface area contributed by atoms with Crippen molar-refractivity contribution in [1.82, 2.24) is 19.9 Å². The molecule has 0 fully saturated rings. The molecule has 2 aromatic rings. The topological polar surface area (TPSA) is 102 Å². The first kappa shape index (κ1) is 13.5. The van der Waals surface area contributed by atoms with Gasteiger partial charge in [0.1, 0.15) is 5.52 Å². The first-order valence-corrected chi connectivity index (χ1v) is 6.45. The van der Waals surface area contributed by atoms with Crippen molar-refractivity contribution in [2.75, 3.05) is 30.8 Å². The van der Waals surface area contributed by atoms with Gasteiger partial charge in [-0.15, -0.1) is 0 Å². The van der Waals surface area contributed by atoms with E-state index in [9.17, 15) is 0 Å². The van der Waals surface area contributed by atoms with Crippen molar-refractivity contribution in [3.8, 4) is 0 Å². The number of nitrogen functional groups attached to an aromatic ring is 1. The highest BCUT2D eigenvalue weighted by Gasteiger charge is 2.07. The summed E-state index contributed by atoms with van der Waals surface area (Å²) in [6, 6.07) is 0. The van der Waals surface area contributed by atoms with Crippen LogP contribution in [0.5, 0.6) is 0 Å². The molecule has 0 amide bonds. The summed E-state index contributed by atoms with van der Waals surface area (Å²) in [5.41, 5.74) is 6.98. The molecule has 0 aromatic carbocycles. The Morgan fingerprint density at radius 3 is 3.05 bits per heavy atom. The van der Waals surface area contributed by atoms with Crippen LogP contribution in [0.3, 0.4) is 0 Å². The molecule has 0 saturated heterocycles. The third-order valence-electron chi connectivity index (χ3n) is 2.51. The maximum atomic E-state index is 5.63. The number of H-pyrrole nitrogens is 1. The zero-order chi connectivity index (χ0) is 13.7. The van der Waals surface area contributed by atoms with E-state index in [2.05, 4.69) is 39.1 Å². The van der Waals surface area contributed by atoms with Crippen molar-refractivity contribution in [3.63, 3.8) is 0 Å². The van der Waals surface area contributed by atoms with Gasteiger partial charge in [-0.3, -0.25) is 0 Å². The smallest absolute Gasteiger partial charge is 0.224 e. The number of aromatic nitrogens is 4. The molecule has 0 spiro atoms. The van der Waals surface area contributed by atoms with Gasteiger partial charge in [-0.2, -0.15) is 9.97 Å². The molecular formula is C12H20N6O. The van der Waals surface area contributed by atoms with Gasteiger partial charge in [-0.1, -0.05) is 13.8 Å². The third-order valence-corrected chi connectivity index (χ3v) is 2.51. The SMILES string of the molecule is CC(C)COCCCNc1nc(N)nc2nc[nH]c12. The fraction of sp³-hybridized carbons (Fsp3) is 0.583. The van der Waals surface area contributed by atoms with Crippen molar-refractivity contribution in [2.24, 2.45) is 5.92 Å². The quantitative estimate of drug-likeness (QED) is 0.653. The lowest BCUT2D eigenvalue weighted by molar-refractivity contribution is 0.110. The molecule has 2 rings (SSSR count). The van der Waals surface area contributed by atoms with Gasteiger partial charge in [-0.05, 0) is 12.3 Å². The van der Waals surface area contributed by atoms with E-state index in [1.54, 1.807) is 6.33 Å². The van der Waals surface area contributed by atoms with Crippen molar-refractivity contribution in [2.45, 2.75) is 20.3 Å². The Balaban J connectivity index is 1.83. The van der Waals surface area contributed by atoms with E-state index >= 15 is 0 Å². The number of aromatic amines is 1. The molecule has 7 heteroatoms. The second-order valence-electron chi connectivity index (χ2n) is 4.78. The van der Waals surface area contributed by atoms with Crippen LogP contribution in [0.1, 0.15) is 20.3 Å². The fourth-order valence-electron chi connectivity index (χ4n) is 1.68. The van der Waals surface area contributed by atoms with Gasteiger partial charge >= 0.3 is 0 Å². The minimum absolute atomic E-state index is 0.221. The molecule has 0 radical (unpaired) electrons. The maximum absolute atomic E-state index is 5.63. The second kappa shape index (κ2) is 6.33. The molecule has 104 valence electrons. The number of hydrogen-bond donors (Lipinski definition) is 3. The molecule has 0 saturated carbocycles. The number of anilines is 2. The Bertz CT molecular complexity index is 524. The largest absolute Gasteiger partial charge is 0.381 e. The van der Waals surface area contributed by atoms with Gasteiger partial charge in [0.2, 0.25) is 5.95 Å². The molecule has 19 heavy (non-hydrogen) atoms. The van der Waals surface area contributed by atoms with Crippen LogP contribution in [0.15, 0.2) is 6.33 Å². The van der Waals surface area contributed by atoms with Gasteiger partial charge < -0.3 is 20.8 Å². The number of hydrogen-bond acceptors (Lipinski definition) is 6. The molecule has 0 aliphatic carbocycles. The monoisotopic (exact) mass is 264 g/mol. The first-order valence-electron chi connectivity index (χ1n) is 6.45. The predicted octanol–water partition coefficient (Wildman–Crippen LogP) is 1.41. The molecule has 0 unspecified atom stereocenters. The molecular weight excluding hydrogens is 244 g/mol. The molecule has 0 aliphatic rings. The minimum atomic E-state index is 0.221. The molecule has 7 nitrogen and oxygen atoms in total. The normalized spacial score (nSPS) is 11.3. The Kier molecular flexibility index (Phi) is 4.51. The van der Waals surface area contributed by atoms with E-state index in [1.165, 1.54) is 0 Å². The average molecular weight is 264 g/mol. The zero-order valence-electron chi connectivity index (χ0n) is 11.3. The highest BCUT2D eigenvalue weighted by Crippen LogP contribution is 2.16. The third kappa shape index (κ3) is 3.78. The number of ether oxygens (including phenoxy) is 1. The highest BCUT2D eigenvalue weighted by atomic mass is 16.5. The van der Waals surface area contributed by atoms with E-state index in [0.29, 0.717) is 17.4 Å². The maximum Gasteiger partial charge on any atom is 0.224 e. The van der Waals surface area contributed by atoms with Crippen LogP contribution in [0.25, 0.3) is 11.2 Å². The number of nitrogens with two attached hydrogens (primary N) is 1. The van der Waals surface area contributed by atoms with Crippen molar-refractivity contribution in [3.05, 3.63) is 6.33 Å². The lowest BCUT2D eigenvalue weighted by Gasteiger charge is -2.08. The van der Waals surface area contributed by atoms with Crippen LogP contribution in [0, 0.1) is 5.92 Å². The Morgan fingerprint density at radius 2 is 2.26 bits per heavy atom. The number of rotatable bonds is 7. The first-order chi connectivity index (χ1) is 9.16. The Morgan fingerprint density at radius 1 is 1.42 bits per heavy atom. The van der Waals surface area contributed by atoms with Crippen LogP contribution in [0.4, 0.5) is 11.8 Å². The van der Waals surface area contributed by atoms with E-state index in [-0.39, 0.29) is 5.95 Å². The van der Waals surface area contributed by atoms with E-state index < -0.39 is 0 Å². The number of fused-ring (bicyclic) bond motifs is 1. The van der Waals surface area contributed by atoms with Gasteiger partial charge in [0.05, 0.1) is 6.33 Å². The van der Waals surface area contributed by atoms with Crippen LogP contribution in [-0.2, 0) is 4.74 Å². The van der Waals surface area contributed by atoms with E-state index in [4.69, 9.17) is 10.5 Å². The van der Waals surface area contributed by atoms with Gasteiger partial charge in [0, 0.05) is 19.8 Å². The van der Waals surface area contributed by atoms with E-state index in [0.717, 1.165) is 31.7 Å². The van der Waals surface area contributed by atoms with Crippen LogP contribution in [-0.4, -0.2) is 39.7 Å². The standard InChI is InChI=1S/C12H20N6O/c1-8(2)6-19-5-3-4-14-10-9-11(16-7-15-9)18-12(13)17-10/h7-8H,3-6H2,1-2H3,(H4,13,14,15,16,17,18). The molecule has 0 bridgehead atoms. The van der Waals surface area contributed by atoms with Crippen LogP contribution < -0.4 is 11.1 Å². The second-order valence-corrected chi connectivity index (χ2v) is 4.78. The lowest BCUT2D eigenvalue weighted by atomic mass is 10.2. The van der Waals surface area contributed by atoms with Gasteiger partial charge in [0.25, 0.3) is 0 Å². The van der Waals surface area contributed by atoms with Crippen molar-refractivity contribution in [1.29, 1.82) is 0 Å². The molecule has 0 atom stereocenters. The summed E-state index contributed by atoms with van der Waals surface area (Å²) in [7, 11) is 0. The molecule has 2 heterocycles. The summed E-state index contributed by atoms with van der Waals surface area (Å²) in [4.78, 5) is 15.3. The number of nitrogens with zero attached hydrogens (tertiary/aromatic N) is 3. The predicted molar refractivity (Wildman–Crippen MR) is 74.9 cm³/mol. The minimum Gasteiger partial charge on any atom is -0.381 e. The van der Waals surface area contributed by atoms with Crippen molar-refractivity contribution < 1.29 is 4.74 Å². The summed E-state index contributed by atoms with van der Waals surface area (Å²) in [5.74, 6) is 1.47. The van der Waals surface area contributed by atoms with E-state index in [1.807, 2.05) is 0 Å². The highest BCUT2D eigenvalue weighted by molar-refractivity contribution is 5.83. The molecule has 2 aromatic heterocycles.